The van der Waals surface area contributed by atoms with Gasteiger partial charge in [-0.15, -0.1) is 0 Å². The van der Waals surface area contributed by atoms with E-state index in [-0.39, 0.29) is 5.41 Å². The minimum atomic E-state index is -0.356. The number of para-hydroxylation sites is 3. The van der Waals surface area contributed by atoms with Gasteiger partial charge >= 0.3 is 0 Å². The van der Waals surface area contributed by atoms with E-state index >= 15 is 0 Å². The van der Waals surface area contributed by atoms with Crippen molar-refractivity contribution in [1.82, 2.24) is 9.13 Å². The number of hydrogen-bond acceptors (Lipinski definition) is 1. The summed E-state index contributed by atoms with van der Waals surface area (Å²) in [7, 11) is 0. The fourth-order valence-corrected chi connectivity index (χ4v) is 10.2. The molecule has 0 spiro atoms. The van der Waals surface area contributed by atoms with Crippen molar-refractivity contribution in [2.75, 3.05) is 4.90 Å². The summed E-state index contributed by atoms with van der Waals surface area (Å²) in [4.78, 5) is 2.55. The zero-order chi connectivity index (χ0) is 40.0. The van der Waals surface area contributed by atoms with Crippen molar-refractivity contribution in [1.29, 1.82) is 0 Å². The highest BCUT2D eigenvalue weighted by Gasteiger charge is 2.41. The maximum atomic E-state index is 2.55. The number of aromatic nitrogens is 2. The molecule has 0 unspecified atom stereocenters. The Balaban J connectivity index is 1.13. The molecule has 0 bridgehead atoms. The summed E-state index contributed by atoms with van der Waals surface area (Å²) < 4.78 is 4.92. The standard InChI is InChI=1S/C57H41N3/c1-57(2)47-33-34-51-54(46-26-13-15-28-49(46)58(51)43-31-29-40(30-32-43)38-17-6-3-7-18-38)56(47)60(42-22-10-5-11-23-42)52-36-35-50-53(55(52)57)45-25-12-14-27-48(45)59(50)44-24-16-21-41(37-44)39-19-8-4-9-20-39/h3-37H,1-2H3. The molecule has 9 aromatic carbocycles. The van der Waals surface area contributed by atoms with E-state index < -0.39 is 0 Å². The molecule has 1 aliphatic heterocycles. The summed E-state index contributed by atoms with van der Waals surface area (Å²) in [6.45, 7) is 4.86. The first kappa shape index (κ1) is 34.4. The van der Waals surface area contributed by atoms with E-state index in [1.165, 1.54) is 88.4 Å². The van der Waals surface area contributed by atoms with Crippen molar-refractivity contribution >= 4 is 60.7 Å². The second kappa shape index (κ2) is 13.2. The van der Waals surface area contributed by atoms with Gasteiger partial charge in [0.1, 0.15) is 0 Å². The van der Waals surface area contributed by atoms with Crippen LogP contribution in [0.2, 0.25) is 0 Å². The lowest BCUT2D eigenvalue weighted by Gasteiger charge is -2.43. The predicted molar refractivity (Wildman–Crippen MR) is 253 cm³/mol. The van der Waals surface area contributed by atoms with Gasteiger partial charge in [-0.1, -0.05) is 159 Å². The van der Waals surface area contributed by atoms with E-state index in [4.69, 9.17) is 0 Å². The first-order valence-electron chi connectivity index (χ1n) is 20.9. The van der Waals surface area contributed by atoms with Gasteiger partial charge in [-0.05, 0) is 100 Å². The van der Waals surface area contributed by atoms with E-state index in [2.05, 4.69) is 240 Å². The molecule has 0 radical (unpaired) electrons. The third-order valence-electron chi connectivity index (χ3n) is 12.8. The van der Waals surface area contributed by atoms with Crippen LogP contribution in [0.3, 0.4) is 0 Å². The Morgan fingerprint density at radius 3 is 1.53 bits per heavy atom. The number of hydrogen-bond donors (Lipinski definition) is 0. The van der Waals surface area contributed by atoms with Crippen molar-refractivity contribution in [3.63, 3.8) is 0 Å². The van der Waals surface area contributed by atoms with Crippen LogP contribution in [0.15, 0.2) is 212 Å². The van der Waals surface area contributed by atoms with Crippen LogP contribution in [0.5, 0.6) is 0 Å². The van der Waals surface area contributed by atoms with Crippen molar-refractivity contribution < 1.29 is 0 Å². The monoisotopic (exact) mass is 767 g/mol. The number of anilines is 3. The van der Waals surface area contributed by atoms with E-state index in [1.54, 1.807) is 0 Å². The summed E-state index contributed by atoms with van der Waals surface area (Å²) in [5.74, 6) is 0. The van der Waals surface area contributed by atoms with Gasteiger partial charge in [-0.25, -0.2) is 0 Å². The highest BCUT2D eigenvalue weighted by atomic mass is 15.2. The highest BCUT2D eigenvalue weighted by molar-refractivity contribution is 6.20. The molecule has 0 amide bonds. The van der Waals surface area contributed by atoms with Gasteiger partial charge in [0.25, 0.3) is 0 Å². The maximum absolute atomic E-state index is 2.55. The van der Waals surface area contributed by atoms with Gasteiger partial charge in [-0.3, -0.25) is 0 Å². The fraction of sp³-hybridized carbons (Fsp3) is 0.0526. The normalized spacial score (nSPS) is 13.3. The second-order valence-corrected chi connectivity index (χ2v) is 16.5. The predicted octanol–water partition coefficient (Wildman–Crippen LogP) is 15.3. The largest absolute Gasteiger partial charge is 0.309 e. The average molecular weight is 768 g/mol. The molecule has 1 aliphatic rings. The third-order valence-corrected chi connectivity index (χ3v) is 12.8. The van der Waals surface area contributed by atoms with Gasteiger partial charge < -0.3 is 14.0 Å². The summed E-state index contributed by atoms with van der Waals surface area (Å²) in [6, 6.07) is 77.7. The average Bonchev–Trinajstić information content (AvgIpc) is 3.83. The molecule has 0 saturated heterocycles. The minimum absolute atomic E-state index is 0.356. The molecule has 0 aliphatic carbocycles. The van der Waals surface area contributed by atoms with Gasteiger partial charge in [-0.2, -0.15) is 0 Å². The number of nitrogens with zero attached hydrogens (tertiary/aromatic N) is 3. The Kier molecular flexibility index (Phi) is 7.58. The van der Waals surface area contributed by atoms with E-state index in [1.807, 2.05) is 0 Å². The number of fused-ring (bicyclic) bond motifs is 10. The molecule has 3 heterocycles. The molecule has 60 heavy (non-hydrogen) atoms. The second-order valence-electron chi connectivity index (χ2n) is 16.5. The van der Waals surface area contributed by atoms with Crippen LogP contribution in [-0.2, 0) is 5.41 Å². The van der Waals surface area contributed by atoms with Crippen molar-refractivity contribution in [3.05, 3.63) is 223 Å². The molecule has 12 rings (SSSR count). The van der Waals surface area contributed by atoms with Crippen LogP contribution >= 0.6 is 0 Å². The summed E-state index contributed by atoms with van der Waals surface area (Å²) in [5, 5.41) is 5.06. The van der Waals surface area contributed by atoms with Crippen LogP contribution in [0.1, 0.15) is 25.0 Å². The van der Waals surface area contributed by atoms with Crippen LogP contribution in [0.4, 0.5) is 17.1 Å². The molecule has 0 saturated carbocycles. The van der Waals surface area contributed by atoms with Crippen LogP contribution in [-0.4, -0.2) is 9.13 Å². The Bertz CT molecular complexity index is 3430. The first-order valence-corrected chi connectivity index (χ1v) is 20.9. The molecular formula is C57H41N3. The Morgan fingerprint density at radius 1 is 0.350 bits per heavy atom. The van der Waals surface area contributed by atoms with E-state index in [0.29, 0.717) is 0 Å². The lowest BCUT2D eigenvalue weighted by Crippen LogP contribution is -2.31. The quantitative estimate of drug-likeness (QED) is 0.170. The van der Waals surface area contributed by atoms with E-state index in [9.17, 15) is 0 Å². The van der Waals surface area contributed by atoms with Crippen molar-refractivity contribution in [2.24, 2.45) is 0 Å². The third kappa shape index (κ3) is 5.02. The van der Waals surface area contributed by atoms with Gasteiger partial charge in [0.15, 0.2) is 0 Å². The van der Waals surface area contributed by atoms with Crippen LogP contribution in [0, 0.1) is 0 Å². The topological polar surface area (TPSA) is 13.1 Å². The molecule has 3 heteroatoms. The van der Waals surface area contributed by atoms with E-state index in [0.717, 1.165) is 17.1 Å². The summed E-state index contributed by atoms with van der Waals surface area (Å²) >= 11 is 0. The van der Waals surface area contributed by atoms with Crippen molar-refractivity contribution in [2.45, 2.75) is 19.3 Å². The lowest BCUT2D eigenvalue weighted by atomic mass is 9.71. The smallest absolute Gasteiger partial charge is 0.0602 e. The lowest BCUT2D eigenvalue weighted by molar-refractivity contribution is 0.639. The zero-order valence-corrected chi connectivity index (χ0v) is 33.5. The molecule has 0 N–H and O–H groups in total. The molecule has 2 aromatic heterocycles. The van der Waals surface area contributed by atoms with Crippen LogP contribution < -0.4 is 4.90 Å². The highest BCUT2D eigenvalue weighted by Crippen LogP contribution is 2.58. The Labute approximate surface area is 349 Å². The first-order chi connectivity index (χ1) is 29.6. The van der Waals surface area contributed by atoms with Crippen molar-refractivity contribution in [3.8, 4) is 33.6 Å². The van der Waals surface area contributed by atoms with Gasteiger partial charge in [0.05, 0.1) is 33.4 Å². The summed E-state index contributed by atoms with van der Waals surface area (Å²) in [5.41, 5.74) is 17.8. The zero-order valence-electron chi connectivity index (χ0n) is 33.5. The molecule has 0 atom stereocenters. The fourth-order valence-electron chi connectivity index (χ4n) is 10.2. The summed E-state index contributed by atoms with van der Waals surface area (Å²) in [6.07, 6.45) is 0. The molecule has 11 aromatic rings. The van der Waals surface area contributed by atoms with Crippen LogP contribution in [0.25, 0.3) is 77.2 Å². The molecule has 0 fully saturated rings. The molecule has 3 nitrogen and oxygen atoms in total. The maximum Gasteiger partial charge on any atom is 0.0602 e. The minimum Gasteiger partial charge on any atom is -0.309 e. The number of rotatable bonds is 5. The van der Waals surface area contributed by atoms with Gasteiger partial charge in [0.2, 0.25) is 0 Å². The Hall–Kier alpha value is -7.62. The Morgan fingerprint density at radius 2 is 0.850 bits per heavy atom. The SMILES string of the molecule is CC1(C)c2ccc3c(c2N(c2ccccc2)c2ccc4c(c21)c1ccccc1n4-c1cccc(-c2ccccc2)c1)c1ccccc1n3-c1ccc(-c2ccccc2)cc1. The molecule has 284 valence electrons. The number of benzene rings is 9. The van der Waals surface area contributed by atoms with Gasteiger partial charge in [0, 0.05) is 44.0 Å². The molecular weight excluding hydrogens is 727 g/mol.